The molecule has 0 saturated heterocycles. The molecule has 4 heteroatoms. The zero-order chi connectivity index (χ0) is 12.4. The van der Waals surface area contributed by atoms with Gasteiger partial charge >= 0.3 is 130 Å². The molecule has 0 aliphatic carbocycles. The molecule has 0 bridgehead atoms. The van der Waals surface area contributed by atoms with Crippen molar-refractivity contribution in [1.29, 1.82) is 0 Å². The van der Waals surface area contributed by atoms with Crippen molar-refractivity contribution in [3.63, 3.8) is 0 Å². The fraction of sp³-hybridized carbons (Fsp3) is 0.0769. The van der Waals surface area contributed by atoms with Gasteiger partial charge in [-0.15, -0.1) is 0 Å². The van der Waals surface area contributed by atoms with Gasteiger partial charge < -0.3 is 0 Å². The van der Waals surface area contributed by atoms with Crippen molar-refractivity contribution >= 4 is 65.6 Å². The standard InChI is InChI=1S/C13H8As2Cl2/c14-10-3-1-8(6-12(10)16)5-9-2-4-11(15)13(17)7-9/h1-4,6-7H,5H2. The minimum atomic E-state index is 0.789. The molecule has 17 heavy (non-hydrogen) atoms. The van der Waals surface area contributed by atoms with Gasteiger partial charge in [-0.25, -0.2) is 0 Å². The Balaban J connectivity index is 2.25. The van der Waals surface area contributed by atoms with Gasteiger partial charge in [-0.05, 0) is 0 Å². The Bertz CT molecular complexity index is 504. The van der Waals surface area contributed by atoms with Crippen molar-refractivity contribution in [2.75, 3.05) is 0 Å². The van der Waals surface area contributed by atoms with Gasteiger partial charge in [0, 0.05) is 0 Å². The molecule has 0 saturated carbocycles. The van der Waals surface area contributed by atoms with Crippen LogP contribution >= 0.6 is 23.2 Å². The third kappa shape index (κ3) is 3.55. The van der Waals surface area contributed by atoms with Crippen LogP contribution in [0.1, 0.15) is 11.1 Å². The molecule has 2 aromatic carbocycles. The summed E-state index contributed by atoms with van der Waals surface area (Å²) in [6.45, 7) is 0. The average molecular weight is 385 g/mol. The first-order valence-corrected chi connectivity index (χ1v) is 7.64. The van der Waals surface area contributed by atoms with Crippen LogP contribution in [0.5, 0.6) is 0 Å². The summed E-state index contributed by atoms with van der Waals surface area (Å²) in [6.07, 6.45) is 0.847. The van der Waals surface area contributed by atoms with Crippen LogP contribution in [0.3, 0.4) is 0 Å². The summed E-state index contributed by atoms with van der Waals surface area (Å²) < 4.78 is 2.09. The maximum absolute atomic E-state index is 6.09. The molecule has 4 radical (unpaired) electrons. The summed E-state index contributed by atoms with van der Waals surface area (Å²) in [5, 5.41) is 1.58. The van der Waals surface area contributed by atoms with Crippen LogP contribution in [0.2, 0.25) is 10.0 Å². The van der Waals surface area contributed by atoms with Gasteiger partial charge in [0.05, 0.1) is 0 Å². The van der Waals surface area contributed by atoms with Gasteiger partial charge in [-0.1, -0.05) is 0 Å². The number of rotatable bonds is 2. The summed E-state index contributed by atoms with van der Waals surface area (Å²) in [7, 11) is 0. The molecule has 0 atom stereocenters. The second kappa shape index (κ2) is 5.85. The molecule has 84 valence electrons. The first-order valence-electron chi connectivity index (χ1n) is 5.01. The van der Waals surface area contributed by atoms with Crippen molar-refractivity contribution in [1.82, 2.24) is 0 Å². The fourth-order valence-electron chi connectivity index (χ4n) is 1.56. The van der Waals surface area contributed by atoms with Crippen molar-refractivity contribution in [3.05, 3.63) is 57.6 Å². The second-order valence-corrected chi connectivity index (χ2v) is 6.58. The van der Waals surface area contributed by atoms with Gasteiger partial charge in [-0.3, -0.25) is 0 Å². The zero-order valence-electron chi connectivity index (χ0n) is 8.82. The Kier molecular flexibility index (Phi) is 4.67. The Morgan fingerprint density at radius 1 is 0.765 bits per heavy atom. The molecule has 0 spiro atoms. The van der Waals surface area contributed by atoms with E-state index in [4.69, 9.17) is 23.2 Å². The van der Waals surface area contributed by atoms with Crippen LogP contribution in [-0.4, -0.2) is 33.7 Å². The van der Waals surface area contributed by atoms with E-state index < -0.39 is 0 Å². The third-order valence-electron chi connectivity index (χ3n) is 2.43. The third-order valence-corrected chi connectivity index (χ3v) is 5.27. The molecule has 2 aromatic rings. The fourth-order valence-corrected chi connectivity index (χ4v) is 2.55. The van der Waals surface area contributed by atoms with Crippen molar-refractivity contribution < 1.29 is 0 Å². The van der Waals surface area contributed by atoms with Gasteiger partial charge in [0.1, 0.15) is 0 Å². The number of benzene rings is 2. The van der Waals surface area contributed by atoms with E-state index >= 15 is 0 Å². The van der Waals surface area contributed by atoms with Crippen molar-refractivity contribution in [2.24, 2.45) is 0 Å². The molecule has 0 aliphatic heterocycles. The SMILES string of the molecule is Clc1cc(Cc2ccc([As])c(Cl)c2)ccc1[As]. The van der Waals surface area contributed by atoms with Crippen LogP contribution < -0.4 is 8.70 Å². The summed E-state index contributed by atoms with van der Waals surface area (Å²) >= 11 is 17.1. The van der Waals surface area contributed by atoms with Crippen LogP contribution in [0.4, 0.5) is 0 Å². The van der Waals surface area contributed by atoms with Gasteiger partial charge in [0.15, 0.2) is 0 Å². The molecule has 0 amide bonds. The summed E-state index contributed by atoms with van der Waals surface area (Å²) in [4.78, 5) is 0. The van der Waals surface area contributed by atoms with E-state index in [1.54, 1.807) is 0 Å². The average Bonchev–Trinajstić information content (AvgIpc) is 2.29. The van der Waals surface area contributed by atoms with Gasteiger partial charge in [-0.2, -0.15) is 0 Å². The molecule has 0 aliphatic rings. The van der Waals surface area contributed by atoms with E-state index in [0.717, 1.165) is 25.2 Å². The number of hydrogen-bond acceptors (Lipinski definition) is 0. The molecule has 0 fully saturated rings. The molecule has 0 aromatic heterocycles. The zero-order valence-corrected chi connectivity index (χ0v) is 14.1. The summed E-state index contributed by atoms with van der Waals surface area (Å²) in [6, 6.07) is 12.2. The monoisotopic (exact) mass is 384 g/mol. The Hall–Kier alpha value is 0.137. The second-order valence-electron chi connectivity index (χ2n) is 3.75. The van der Waals surface area contributed by atoms with E-state index in [1.165, 1.54) is 11.1 Å². The van der Waals surface area contributed by atoms with Crippen molar-refractivity contribution in [2.45, 2.75) is 6.42 Å². The molecule has 0 heterocycles. The van der Waals surface area contributed by atoms with E-state index in [1.807, 2.05) is 24.3 Å². The normalized spacial score (nSPS) is 10.6. The Morgan fingerprint density at radius 2 is 1.18 bits per heavy atom. The molecule has 2 rings (SSSR count). The molecule has 0 unspecified atom stereocenters. The molecule has 0 nitrogen and oxygen atoms in total. The minimum absolute atomic E-state index is 0.789. The van der Waals surface area contributed by atoms with E-state index in [9.17, 15) is 0 Å². The Labute approximate surface area is 129 Å². The summed E-state index contributed by atoms with van der Waals surface area (Å²) in [5.41, 5.74) is 2.39. The Morgan fingerprint density at radius 3 is 1.53 bits per heavy atom. The van der Waals surface area contributed by atoms with E-state index in [-0.39, 0.29) is 0 Å². The molecule has 0 N–H and O–H groups in total. The van der Waals surface area contributed by atoms with E-state index in [0.29, 0.717) is 0 Å². The quantitative estimate of drug-likeness (QED) is 0.696. The predicted molar refractivity (Wildman–Crippen MR) is 76.5 cm³/mol. The van der Waals surface area contributed by atoms with Crippen LogP contribution in [0.25, 0.3) is 0 Å². The maximum atomic E-state index is 6.09. The van der Waals surface area contributed by atoms with Crippen LogP contribution in [0, 0.1) is 0 Å². The van der Waals surface area contributed by atoms with Crippen LogP contribution in [0.15, 0.2) is 36.4 Å². The first-order chi connectivity index (χ1) is 8.06. The first kappa shape index (κ1) is 13.6. The van der Waals surface area contributed by atoms with Gasteiger partial charge in [0.2, 0.25) is 0 Å². The summed E-state index contributed by atoms with van der Waals surface area (Å²) in [5.74, 6) is 0. The van der Waals surface area contributed by atoms with Gasteiger partial charge in [0.25, 0.3) is 0 Å². The number of hydrogen-bond donors (Lipinski definition) is 0. The topological polar surface area (TPSA) is 0 Å². The molecular weight excluding hydrogens is 377 g/mol. The van der Waals surface area contributed by atoms with Crippen LogP contribution in [-0.2, 0) is 6.42 Å². The van der Waals surface area contributed by atoms with Crippen molar-refractivity contribution in [3.8, 4) is 0 Å². The molecular formula is C13H8As2Cl2. The number of halogens is 2. The van der Waals surface area contributed by atoms with E-state index in [2.05, 4.69) is 45.8 Å². The predicted octanol–water partition coefficient (Wildman–Crippen LogP) is 2.17.